The highest BCUT2D eigenvalue weighted by Crippen LogP contribution is 2.07. The zero-order valence-corrected chi connectivity index (χ0v) is 11.7. The maximum Gasteiger partial charge on any atom is 0.341 e. The van der Waals surface area contributed by atoms with Crippen molar-refractivity contribution in [3.63, 3.8) is 0 Å². The Kier molecular flexibility index (Phi) is 7.34. The fraction of sp³-hybridized carbons (Fsp3) is 0.500. The molecule has 0 saturated heterocycles. The fourth-order valence-corrected chi connectivity index (χ4v) is 1.66. The first-order chi connectivity index (χ1) is 9.29. The van der Waals surface area contributed by atoms with Crippen molar-refractivity contribution in [2.24, 2.45) is 0 Å². The quantitative estimate of drug-likeness (QED) is 0.445. The number of carbonyl (C=O) groups is 1. The largest absolute Gasteiger partial charge is 0.462 e. The van der Waals surface area contributed by atoms with Gasteiger partial charge >= 0.3 is 5.97 Å². The van der Waals surface area contributed by atoms with Crippen LogP contribution >= 0.6 is 0 Å². The van der Waals surface area contributed by atoms with Crippen molar-refractivity contribution in [2.75, 3.05) is 6.61 Å². The minimum atomic E-state index is -0.356. The van der Waals surface area contributed by atoms with Crippen LogP contribution in [0.4, 0.5) is 0 Å². The molecule has 0 atom stereocenters. The lowest BCUT2D eigenvalue weighted by atomic mass is 10.1. The van der Waals surface area contributed by atoms with Gasteiger partial charge in [0.05, 0.1) is 12.2 Å². The highest BCUT2D eigenvalue weighted by atomic mass is 16.5. The molecule has 0 aliphatic heterocycles. The van der Waals surface area contributed by atoms with Crippen LogP contribution < -0.4 is 0 Å². The number of pyridine rings is 1. The van der Waals surface area contributed by atoms with E-state index in [1.807, 2.05) is 0 Å². The number of esters is 1. The van der Waals surface area contributed by atoms with Crippen LogP contribution in [-0.2, 0) is 4.74 Å². The van der Waals surface area contributed by atoms with Crippen LogP contribution in [0.5, 0.6) is 0 Å². The topological polar surface area (TPSA) is 39.2 Å². The standard InChI is InChI=1S/C16H21NO2/c1-3-5-6-7-8-9-12-15-14(11-10-13-17-15)16(18)19-4-2/h10-11,13H,3-8H2,1-2H3. The maximum atomic E-state index is 11.7. The molecule has 0 aliphatic rings. The van der Waals surface area contributed by atoms with Crippen LogP contribution in [0.25, 0.3) is 0 Å². The lowest BCUT2D eigenvalue weighted by molar-refractivity contribution is 0.0525. The molecule has 102 valence electrons. The normalized spacial score (nSPS) is 9.58. The van der Waals surface area contributed by atoms with Gasteiger partial charge in [0.15, 0.2) is 0 Å². The highest BCUT2D eigenvalue weighted by molar-refractivity contribution is 5.91. The zero-order chi connectivity index (χ0) is 13.9. The maximum absolute atomic E-state index is 11.7. The Morgan fingerprint density at radius 1 is 1.32 bits per heavy atom. The van der Waals surface area contributed by atoms with Crippen molar-refractivity contribution in [2.45, 2.75) is 46.0 Å². The van der Waals surface area contributed by atoms with Crippen LogP contribution in [0.1, 0.15) is 62.0 Å². The van der Waals surface area contributed by atoms with Gasteiger partial charge in [-0.2, -0.15) is 0 Å². The molecule has 0 amide bonds. The van der Waals surface area contributed by atoms with Gasteiger partial charge in [0.25, 0.3) is 0 Å². The van der Waals surface area contributed by atoms with E-state index >= 15 is 0 Å². The third kappa shape index (κ3) is 5.56. The Labute approximate surface area is 115 Å². The van der Waals surface area contributed by atoms with Gasteiger partial charge in [0.2, 0.25) is 0 Å². The van der Waals surface area contributed by atoms with Crippen molar-refractivity contribution in [3.8, 4) is 11.8 Å². The van der Waals surface area contributed by atoms with Crippen LogP contribution in [0.3, 0.4) is 0 Å². The van der Waals surface area contributed by atoms with E-state index in [2.05, 4.69) is 23.7 Å². The van der Waals surface area contributed by atoms with Gasteiger partial charge in [0.1, 0.15) is 5.69 Å². The van der Waals surface area contributed by atoms with E-state index in [0.717, 1.165) is 12.8 Å². The van der Waals surface area contributed by atoms with E-state index < -0.39 is 0 Å². The summed E-state index contributed by atoms with van der Waals surface area (Å²) in [5, 5.41) is 0. The van der Waals surface area contributed by atoms with E-state index in [1.165, 1.54) is 19.3 Å². The molecular weight excluding hydrogens is 238 g/mol. The van der Waals surface area contributed by atoms with E-state index in [9.17, 15) is 4.79 Å². The van der Waals surface area contributed by atoms with Crippen molar-refractivity contribution in [1.82, 2.24) is 4.98 Å². The Balaban J connectivity index is 2.62. The molecular formula is C16H21NO2. The number of hydrogen-bond donors (Lipinski definition) is 0. The molecule has 0 bridgehead atoms. The average Bonchev–Trinajstić information content (AvgIpc) is 2.43. The molecule has 1 aromatic heterocycles. The monoisotopic (exact) mass is 259 g/mol. The number of unbranched alkanes of at least 4 members (excludes halogenated alkanes) is 4. The number of carbonyl (C=O) groups excluding carboxylic acids is 1. The summed E-state index contributed by atoms with van der Waals surface area (Å²) in [6.45, 7) is 4.33. The summed E-state index contributed by atoms with van der Waals surface area (Å²) in [5.41, 5.74) is 0.960. The molecule has 0 fully saturated rings. The minimum Gasteiger partial charge on any atom is -0.462 e. The van der Waals surface area contributed by atoms with Crippen molar-refractivity contribution >= 4 is 5.97 Å². The summed E-state index contributed by atoms with van der Waals surface area (Å²) >= 11 is 0. The highest BCUT2D eigenvalue weighted by Gasteiger charge is 2.10. The van der Waals surface area contributed by atoms with Gasteiger partial charge in [-0.05, 0) is 31.4 Å². The fourth-order valence-electron chi connectivity index (χ4n) is 1.66. The van der Waals surface area contributed by atoms with Crippen LogP contribution in [0.15, 0.2) is 18.3 Å². The van der Waals surface area contributed by atoms with E-state index in [0.29, 0.717) is 17.9 Å². The van der Waals surface area contributed by atoms with Crippen molar-refractivity contribution in [3.05, 3.63) is 29.6 Å². The Bertz CT molecular complexity index is 457. The summed E-state index contributed by atoms with van der Waals surface area (Å²) in [6, 6.07) is 3.42. The second-order valence-corrected chi connectivity index (χ2v) is 4.23. The molecule has 0 aliphatic carbocycles. The smallest absolute Gasteiger partial charge is 0.341 e. The third-order valence-electron chi connectivity index (χ3n) is 2.67. The van der Waals surface area contributed by atoms with Gasteiger partial charge in [0, 0.05) is 12.6 Å². The zero-order valence-electron chi connectivity index (χ0n) is 11.7. The SMILES string of the molecule is CCCCCCC#Cc1ncccc1C(=O)OCC. The second kappa shape index (κ2) is 9.16. The number of aromatic nitrogens is 1. The molecule has 3 nitrogen and oxygen atoms in total. The van der Waals surface area contributed by atoms with Crippen molar-refractivity contribution < 1.29 is 9.53 Å². The first-order valence-corrected chi connectivity index (χ1v) is 6.90. The molecule has 19 heavy (non-hydrogen) atoms. The van der Waals surface area contributed by atoms with E-state index in [1.54, 1.807) is 25.3 Å². The molecule has 0 spiro atoms. The molecule has 0 radical (unpaired) electrons. The summed E-state index contributed by atoms with van der Waals surface area (Å²) in [4.78, 5) is 15.9. The Morgan fingerprint density at radius 2 is 2.16 bits per heavy atom. The molecule has 0 saturated carbocycles. The van der Waals surface area contributed by atoms with Crippen molar-refractivity contribution in [1.29, 1.82) is 0 Å². The predicted octanol–water partition coefficient (Wildman–Crippen LogP) is 3.58. The lowest BCUT2D eigenvalue weighted by Crippen LogP contribution is -2.07. The van der Waals surface area contributed by atoms with Gasteiger partial charge < -0.3 is 4.74 Å². The molecule has 0 aromatic carbocycles. The number of nitrogens with zero attached hydrogens (tertiary/aromatic N) is 1. The molecule has 0 N–H and O–H groups in total. The molecule has 1 heterocycles. The summed E-state index contributed by atoms with van der Waals surface area (Å²) in [7, 11) is 0. The van der Waals surface area contributed by atoms with Gasteiger partial charge in [-0.1, -0.05) is 32.1 Å². The van der Waals surface area contributed by atoms with Gasteiger partial charge in [-0.25, -0.2) is 9.78 Å². The third-order valence-corrected chi connectivity index (χ3v) is 2.67. The first-order valence-electron chi connectivity index (χ1n) is 6.90. The Morgan fingerprint density at radius 3 is 2.89 bits per heavy atom. The molecule has 0 unspecified atom stereocenters. The summed E-state index contributed by atoms with van der Waals surface area (Å²) < 4.78 is 4.98. The van der Waals surface area contributed by atoms with Crippen LogP contribution in [0.2, 0.25) is 0 Å². The van der Waals surface area contributed by atoms with E-state index in [4.69, 9.17) is 4.74 Å². The lowest BCUT2D eigenvalue weighted by Gasteiger charge is -2.02. The number of rotatable bonds is 6. The average molecular weight is 259 g/mol. The summed E-state index contributed by atoms with van der Waals surface area (Å²) in [6.07, 6.45) is 7.27. The van der Waals surface area contributed by atoms with Crippen LogP contribution in [-0.4, -0.2) is 17.6 Å². The van der Waals surface area contributed by atoms with E-state index in [-0.39, 0.29) is 5.97 Å². The number of hydrogen-bond acceptors (Lipinski definition) is 3. The second-order valence-electron chi connectivity index (χ2n) is 4.23. The minimum absolute atomic E-state index is 0.356. The van der Waals surface area contributed by atoms with Crippen LogP contribution in [0, 0.1) is 11.8 Å². The predicted molar refractivity (Wildman–Crippen MR) is 75.8 cm³/mol. The van der Waals surface area contributed by atoms with Gasteiger partial charge in [-0.15, -0.1) is 0 Å². The molecule has 3 heteroatoms. The Hall–Kier alpha value is -1.82. The molecule has 1 rings (SSSR count). The number of ether oxygens (including phenoxy) is 1. The van der Waals surface area contributed by atoms with Gasteiger partial charge in [-0.3, -0.25) is 0 Å². The molecule has 1 aromatic rings. The first kappa shape index (κ1) is 15.2. The summed E-state index contributed by atoms with van der Waals surface area (Å²) in [5.74, 6) is 5.69.